The Bertz CT molecular complexity index is 1300. The molecular weight excluding hydrogens is 413 g/mol. The summed E-state index contributed by atoms with van der Waals surface area (Å²) in [5.74, 6) is -1.83. The summed E-state index contributed by atoms with van der Waals surface area (Å²) in [5.41, 5.74) is 2.94. The highest BCUT2D eigenvalue weighted by molar-refractivity contribution is 5.84. The summed E-state index contributed by atoms with van der Waals surface area (Å²) >= 11 is 0. The molecule has 2 fully saturated rings. The standard InChI is InChI=1S/C25H25F3N4/c26-16-1-3-24-21(10-16)15(14-32(24)18-5-7-29-12-18)9-17-11-19(13-30-17)31-8-6-20-23(31)4-2-22(27)25(20)28/h1-4,6,8,10,14,17-19,29-30H,5,7,9,11-13H2. The summed E-state index contributed by atoms with van der Waals surface area (Å²) in [6, 6.07) is 10.3. The zero-order valence-electron chi connectivity index (χ0n) is 17.6. The van der Waals surface area contributed by atoms with Crippen LogP contribution in [0.2, 0.25) is 0 Å². The Balaban J connectivity index is 1.27. The fourth-order valence-electron chi connectivity index (χ4n) is 5.56. The fraction of sp³-hybridized carbons (Fsp3) is 0.360. The summed E-state index contributed by atoms with van der Waals surface area (Å²) in [7, 11) is 0. The highest BCUT2D eigenvalue weighted by Crippen LogP contribution is 2.32. The van der Waals surface area contributed by atoms with Crippen LogP contribution in [0.5, 0.6) is 0 Å². The first-order chi connectivity index (χ1) is 15.6. The molecule has 0 bridgehead atoms. The van der Waals surface area contributed by atoms with Crippen molar-refractivity contribution < 1.29 is 13.2 Å². The summed E-state index contributed by atoms with van der Waals surface area (Å²) in [6.07, 6.45) is 6.78. The lowest BCUT2D eigenvalue weighted by molar-refractivity contribution is 0.515. The molecule has 6 rings (SSSR count). The normalized spacial score (nSPS) is 23.7. The molecule has 2 aliphatic heterocycles. The molecule has 7 heteroatoms. The maximum atomic E-state index is 14.1. The van der Waals surface area contributed by atoms with E-state index in [1.807, 2.05) is 16.8 Å². The molecule has 0 spiro atoms. The molecule has 0 aliphatic carbocycles. The Morgan fingerprint density at radius 3 is 2.59 bits per heavy atom. The van der Waals surface area contributed by atoms with Crippen molar-refractivity contribution in [2.24, 2.45) is 0 Å². The van der Waals surface area contributed by atoms with Crippen molar-refractivity contribution in [3.05, 3.63) is 71.8 Å². The van der Waals surface area contributed by atoms with Gasteiger partial charge in [-0.25, -0.2) is 13.2 Å². The van der Waals surface area contributed by atoms with Gasteiger partial charge in [0.25, 0.3) is 0 Å². The molecule has 166 valence electrons. The molecule has 32 heavy (non-hydrogen) atoms. The zero-order chi connectivity index (χ0) is 21.8. The van der Waals surface area contributed by atoms with Crippen LogP contribution in [-0.4, -0.2) is 34.8 Å². The molecular formula is C25H25F3N4. The minimum Gasteiger partial charge on any atom is -0.343 e. The van der Waals surface area contributed by atoms with E-state index in [0.717, 1.165) is 55.4 Å². The van der Waals surface area contributed by atoms with Gasteiger partial charge >= 0.3 is 0 Å². The Morgan fingerprint density at radius 1 is 0.906 bits per heavy atom. The summed E-state index contributed by atoms with van der Waals surface area (Å²) < 4.78 is 46.1. The van der Waals surface area contributed by atoms with Crippen LogP contribution < -0.4 is 10.6 Å². The van der Waals surface area contributed by atoms with Crippen molar-refractivity contribution in [2.75, 3.05) is 19.6 Å². The third kappa shape index (κ3) is 3.22. The van der Waals surface area contributed by atoms with E-state index in [0.29, 0.717) is 16.9 Å². The number of nitrogens with zero attached hydrogens (tertiary/aromatic N) is 2. The first-order valence-electron chi connectivity index (χ1n) is 11.3. The van der Waals surface area contributed by atoms with E-state index >= 15 is 0 Å². The number of aromatic nitrogens is 2. The fourth-order valence-corrected chi connectivity index (χ4v) is 5.56. The van der Waals surface area contributed by atoms with Gasteiger partial charge in [-0.1, -0.05) is 0 Å². The minimum absolute atomic E-state index is 0.159. The first kappa shape index (κ1) is 19.9. The Morgan fingerprint density at radius 2 is 1.75 bits per heavy atom. The molecule has 3 atom stereocenters. The number of hydrogen-bond acceptors (Lipinski definition) is 2. The third-order valence-corrected chi connectivity index (χ3v) is 7.15. The lowest BCUT2D eigenvalue weighted by Gasteiger charge is -2.14. The van der Waals surface area contributed by atoms with E-state index in [9.17, 15) is 13.2 Å². The quantitative estimate of drug-likeness (QED) is 0.485. The molecule has 0 saturated carbocycles. The molecule has 0 amide bonds. The second-order valence-corrected chi connectivity index (χ2v) is 9.09. The molecule has 0 radical (unpaired) electrons. The molecule has 4 aromatic rings. The second kappa shape index (κ2) is 7.67. The third-order valence-electron chi connectivity index (χ3n) is 7.15. The molecule has 2 N–H and O–H groups in total. The second-order valence-electron chi connectivity index (χ2n) is 9.09. The van der Waals surface area contributed by atoms with Gasteiger partial charge in [0.15, 0.2) is 11.6 Å². The van der Waals surface area contributed by atoms with E-state index < -0.39 is 11.6 Å². The number of halogens is 3. The van der Waals surface area contributed by atoms with Gasteiger partial charge in [-0.05, 0) is 67.8 Å². The molecule has 4 heterocycles. The topological polar surface area (TPSA) is 33.9 Å². The Kier molecular flexibility index (Phi) is 4.77. The predicted octanol–water partition coefficient (Wildman–Crippen LogP) is 4.69. The first-order valence-corrected chi connectivity index (χ1v) is 11.3. The van der Waals surface area contributed by atoms with Crippen LogP contribution in [0.4, 0.5) is 13.2 Å². The minimum atomic E-state index is -0.821. The number of hydrogen-bond donors (Lipinski definition) is 2. The van der Waals surface area contributed by atoms with Crippen molar-refractivity contribution in [1.82, 2.24) is 19.8 Å². The van der Waals surface area contributed by atoms with Crippen LogP contribution in [-0.2, 0) is 6.42 Å². The van der Waals surface area contributed by atoms with Crippen LogP contribution in [0.25, 0.3) is 21.8 Å². The van der Waals surface area contributed by atoms with E-state index in [1.54, 1.807) is 18.2 Å². The van der Waals surface area contributed by atoms with Crippen molar-refractivity contribution in [1.29, 1.82) is 0 Å². The van der Waals surface area contributed by atoms with Gasteiger partial charge in [0.1, 0.15) is 5.82 Å². The van der Waals surface area contributed by atoms with Gasteiger partial charge in [-0.15, -0.1) is 0 Å². The SMILES string of the molecule is Fc1ccc2c(c1)c(CC1CC(n3ccc4c(F)c(F)ccc43)CN1)cn2C1CCNC1. The van der Waals surface area contributed by atoms with Crippen LogP contribution >= 0.6 is 0 Å². The van der Waals surface area contributed by atoms with Crippen molar-refractivity contribution >= 4 is 21.8 Å². The zero-order valence-corrected chi connectivity index (χ0v) is 17.6. The van der Waals surface area contributed by atoms with Crippen LogP contribution in [0.15, 0.2) is 48.8 Å². The average molecular weight is 438 g/mol. The highest BCUT2D eigenvalue weighted by atomic mass is 19.2. The van der Waals surface area contributed by atoms with Crippen LogP contribution in [0, 0.1) is 17.5 Å². The van der Waals surface area contributed by atoms with Gasteiger partial charge in [0.05, 0.1) is 5.52 Å². The molecule has 4 nitrogen and oxygen atoms in total. The largest absolute Gasteiger partial charge is 0.343 e. The van der Waals surface area contributed by atoms with Crippen molar-refractivity contribution in [2.45, 2.75) is 37.4 Å². The maximum Gasteiger partial charge on any atom is 0.168 e. The molecule has 2 aromatic carbocycles. The number of nitrogens with one attached hydrogen (secondary N) is 2. The van der Waals surface area contributed by atoms with Crippen LogP contribution in [0.3, 0.4) is 0 Å². The highest BCUT2D eigenvalue weighted by Gasteiger charge is 2.28. The summed E-state index contributed by atoms with van der Waals surface area (Å²) in [6.45, 7) is 2.69. The van der Waals surface area contributed by atoms with Crippen molar-refractivity contribution in [3.8, 4) is 0 Å². The van der Waals surface area contributed by atoms with E-state index in [2.05, 4.69) is 21.4 Å². The number of benzene rings is 2. The predicted molar refractivity (Wildman–Crippen MR) is 119 cm³/mol. The molecule has 2 aromatic heterocycles. The summed E-state index contributed by atoms with van der Waals surface area (Å²) in [5, 5.41) is 8.30. The molecule has 2 saturated heterocycles. The number of rotatable bonds is 4. The lowest BCUT2D eigenvalue weighted by atomic mass is 10.0. The maximum absolute atomic E-state index is 14.1. The van der Waals surface area contributed by atoms with Gasteiger partial charge in [-0.2, -0.15) is 0 Å². The average Bonchev–Trinajstić information content (AvgIpc) is 3.57. The van der Waals surface area contributed by atoms with E-state index in [4.69, 9.17) is 0 Å². The van der Waals surface area contributed by atoms with Gasteiger partial charge < -0.3 is 19.8 Å². The smallest absolute Gasteiger partial charge is 0.168 e. The van der Waals surface area contributed by atoms with E-state index in [-0.39, 0.29) is 17.9 Å². The van der Waals surface area contributed by atoms with Gasteiger partial charge in [0.2, 0.25) is 0 Å². The monoisotopic (exact) mass is 438 g/mol. The molecule has 3 unspecified atom stereocenters. The lowest BCUT2D eigenvalue weighted by Crippen LogP contribution is -2.23. The van der Waals surface area contributed by atoms with Crippen LogP contribution in [0.1, 0.15) is 30.5 Å². The summed E-state index contributed by atoms with van der Waals surface area (Å²) in [4.78, 5) is 0. The Labute approximate surface area is 184 Å². The molecule has 2 aliphatic rings. The Hall–Kier alpha value is -2.77. The van der Waals surface area contributed by atoms with Gasteiger partial charge in [-0.3, -0.25) is 0 Å². The number of fused-ring (bicyclic) bond motifs is 2. The van der Waals surface area contributed by atoms with Gasteiger partial charge in [0, 0.05) is 59.9 Å². The van der Waals surface area contributed by atoms with E-state index in [1.165, 1.54) is 12.1 Å². The van der Waals surface area contributed by atoms with Crippen molar-refractivity contribution in [3.63, 3.8) is 0 Å².